The Morgan fingerprint density at radius 1 is 0.941 bits per heavy atom. The highest BCUT2D eigenvalue weighted by Crippen LogP contribution is 2.54. The fraction of sp³-hybridized carbons (Fsp3) is 0.571. The molecule has 3 fully saturated rings. The highest BCUT2D eigenvalue weighted by atomic mass is 16.6. The van der Waals surface area contributed by atoms with Crippen LogP contribution >= 0.6 is 0 Å². The van der Waals surface area contributed by atoms with Crippen LogP contribution in [0.25, 0.3) is 0 Å². The van der Waals surface area contributed by atoms with Crippen LogP contribution in [0.5, 0.6) is 0 Å². The number of nitrogens with zero attached hydrogens (tertiary/aromatic N) is 1. The second kappa shape index (κ2) is 3.56. The molecule has 2 bridgehead atoms. The van der Waals surface area contributed by atoms with Gasteiger partial charge in [0.1, 0.15) is 0 Å². The summed E-state index contributed by atoms with van der Waals surface area (Å²) in [6.07, 6.45) is 5.23. The molecule has 3 saturated carbocycles. The van der Waals surface area contributed by atoms with Crippen molar-refractivity contribution in [2.24, 2.45) is 0 Å². The minimum atomic E-state index is -0.587. The molecule has 1 aromatic rings. The summed E-state index contributed by atoms with van der Waals surface area (Å²) in [5.41, 5.74) is 1.03. The Balaban J connectivity index is 1.89. The minimum Gasteiger partial charge on any atom is -0.264 e. The van der Waals surface area contributed by atoms with Crippen molar-refractivity contribution in [3.05, 3.63) is 46.0 Å². The van der Waals surface area contributed by atoms with Crippen molar-refractivity contribution in [2.75, 3.05) is 0 Å². The van der Waals surface area contributed by atoms with Gasteiger partial charge in [0.25, 0.3) is 0 Å². The summed E-state index contributed by atoms with van der Waals surface area (Å²) in [6.45, 7) is 0. The largest absolute Gasteiger partial charge is 0.264 e. The average Bonchev–Trinajstić information content (AvgIpc) is 2.42. The summed E-state index contributed by atoms with van der Waals surface area (Å²) in [7, 11) is 0. The Morgan fingerprint density at radius 3 is 1.94 bits per heavy atom. The van der Waals surface area contributed by atoms with Gasteiger partial charge in [0.15, 0.2) is 0 Å². The molecule has 0 unspecified atom stereocenters. The fourth-order valence-corrected chi connectivity index (χ4v) is 3.66. The first-order chi connectivity index (χ1) is 8.17. The van der Waals surface area contributed by atoms with Gasteiger partial charge >= 0.3 is 0 Å². The van der Waals surface area contributed by atoms with Crippen LogP contribution in [0.1, 0.15) is 44.1 Å². The Kier molecular flexibility index (Phi) is 2.25. The zero-order chi connectivity index (χ0) is 11.9. The molecule has 0 spiro atoms. The average molecular weight is 231 g/mol. The molecule has 0 radical (unpaired) electrons. The van der Waals surface area contributed by atoms with Crippen LogP contribution in [0.4, 0.5) is 0 Å². The van der Waals surface area contributed by atoms with Crippen molar-refractivity contribution < 1.29 is 4.92 Å². The van der Waals surface area contributed by atoms with Crippen molar-refractivity contribution >= 4 is 0 Å². The van der Waals surface area contributed by atoms with Gasteiger partial charge in [0, 0.05) is 24.2 Å². The monoisotopic (exact) mass is 231 g/mol. The Bertz CT molecular complexity index is 416. The van der Waals surface area contributed by atoms with Gasteiger partial charge in [-0.2, -0.15) is 0 Å². The molecule has 3 heteroatoms. The molecule has 90 valence electrons. The van der Waals surface area contributed by atoms with Gasteiger partial charge in [-0.15, -0.1) is 0 Å². The first-order valence-corrected chi connectivity index (χ1v) is 6.37. The molecule has 0 N–H and O–H groups in total. The number of nitro groups is 1. The van der Waals surface area contributed by atoms with Crippen LogP contribution < -0.4 is 0 Å². The van der Waals surface area contributed by atoms with E-state index in [1.807, 2.05) is 6.07 Å². The topological polar surface area (TPSA) is 43.1 Å². The van der Waals surface area contributed by atoms with Gasteiger partial charge < -0.3 is 0 Å². The summed E-state index contributed by atoms with van der Waals surface area (Å²) >= 11 is 0. The van der Waals surface area contributed by atoms with Crippen LogP contribution in [0.15, 0.2) is 30.3 Å². The van der Waals surface area contributed by atoms with Crippen LogP contribution in [0.3, 0.4) is 0 Å². The maximum absolute atomic E-state index is 11.2. The van der Waals surface area contributed by atoms with E-state index in [0.29, 0.717) is 0 Å². The van der Waals surface area contributed by atoms with E-state index in [2.05, 4.69) is 24.3 Å². The Morgan fingerprint density at radius 2 is 1.47 bits per heavy atom. The van der Waals surface area contributed by atoms with Gasteiger partial charge in [0.05, 0.1) is 0 Å². The van der Waals surface area contributed by atoms with Gasteiger partial charge in [-0.3, -0.25) is 10.1 Å². The zero-order valence-electron chi connectivity index (χ0n) is 9.89. The molecule has 0 aromatic heterocycles. The molecule has 3 nitrogen and oxygen atoms in total. The normalized spacial score (nSPS) is 35.8. The van der Waals surface area contributed by atoms with Gasteiger partial charge in [-0.05, 0) is 30.2 Å². The van der Waals surface area contributed by atoms with Crippen LogP contribution in [0, 0.1) is 10.1 Å². The Labute approximate surface area is 101 Å². The molecule has 0 atom stereocenters. The highest BCUT2D eigenvalue weighted by Gasteiger charge is 2.56. The summed E-state index contributed by atoms with van der Waals surface area (Å²) < 4.78 is 0. The molecule has 0 aliphatic heterocycles. The quantitative estimate of drug-likeness (QED) is 0.579. The molecule has 3 aliphatic carbocycles. The highest BCUT2D eigenvalue weighted by molar-refractivity contribution is 5.28. The molecular formula is C14H17NO2. The number of benzene rings is 1. The lowest BCUT2D eigenvalue weighted by Crippen LogP contribution is -2.52. The third-order valence-corrected chi connectivity index (χ3v) is 4.98. The van der Waals surface area contributed by atoms with Crippen LogP contribution in [0.2, 0.25) is 0 Å². The van der Waals surface area contributed by atoms with E-state index < -0.39 is 5.54 Å². The first-order valence-electron chi connectivity index (χ1n) is 6.37. The summed E-state index contributed by atoms with van der Waals surface area (Å²) in [5, 5.41) is 11.2. The molecular weight excluding hydrogens is 214 g/mol. The predicted molar refractivity (Wildman–Crippen MR) is 65.5 cm³/mol. The van der Waals surface area contributed by atoms with Gasteiger partial charge in [-0.1, -0.05) is 30.3 Å². The molecule has 17 heavy (non-hydrogen) atoms. The summed E-state index contributed by atoms with van der Waals surface area (Å²) in [4.78, 5) is 11.2. The maximum atomic E-state index is 11.2. The molecule has 0 amide bonds. The van der Waals surface area contributed by atoms with E-state index in [-0.39, 0.29) is 10.3 Å². The molecule has 0 heterocycles. The van der Waals surface area contributed by atoms with E-state index in [1.165, 1.54) is 5.56 Å². The lowest BCUT2D eigenvalue weighted by atomic mass is 9.55. The second-order valence-corrected chi connectivity index (χ2v) is 5.63. The van der Waals surface area contributed by atoms with Gasteiger partial charge in [0.2, 0.25) is 5.54 Å². The summed E-state index contributed by atoms with van der Waals surface area (Å²) in [6, 6.07) is 10.6. The van der Waals surface area contributed by atoms with E-state index in [9.17, 15) is 10.1 Å². The van der Waals surface area contributed by atoms with Crippen molar-refractivity contribution in [2.45, 2.75) is 49.5 Å². The standard InChI is InChI=1S/C14H17NO2/c16-15(17)14-9-6-13(7-10-14,8-11-14)12-4-2-1-3-5-12/h1-5H,6-11H2. The molecule has 3 aliphatic rings. The molecule has 1 aromatic carbocycles. The van der Waals surface area contributed by atoms with E-state index >= 15 is 0 Å². The SMILES string of the molecule is O=[N+]([O-])C12CCC(c3ccccc3)(CC1)CC2. The maximum Gasteiger partial charge on any atom is 0.222 e. The van der Waals surface area contributed by atoms with Crippen LogP contribution in [-0.4, -0.2) is 10.5 Å². The first kappa shape index (κ1) is 10.8. The lowest BCUT2D eigenvalue weighted by molar-refractivity contribution is -0.582. The Hall–Kier alpha value is -1.38. The van der Waals surface area contributed by atoms with Crippen molar-refractivity contribution in [1.82, 2.24) is 0 Å². The van der Waals surface area contributed by atoms with Crippen molar-refractivity contribution in [1.29, 1.82) is 0 Å². The lowest BCUT2D eigenvalue weighted by Gasteiger charge is -2.49. The third kappa shape index (κ3) is 1.48. The molecule has 4 rings (SSSR count). The zero-order valence-corrected chi connectivity index (χ0v) is 9.89. The fourth-order valence-electron chi connectivity index (χ4n) is 3.66. The molecule has 0 saturated heterocycles. The van der Waals surface area contributed by atoms with Gasteiger partial charge in [-0.25, -0.2) is 0 Å². The van der Waals surface area contributed by atoms with E-state index in [0.717, 1.165) is 38.5 Å². The number of hydrogen-bond donors (Lipinski definition) is 0. The van der Waals surface area contributed by atoms with Crippen LogP contribution in [-0.2, 0) is 5.41 Å². The number of hydrogen-bond acceptors (Lipinski definition) is 2. The van der Waals surface area contributed by atoms with Crippen molar-refractivity contribution in [3.63, 3.8) is 0 Å². The summed E-state index contributed by atoms with van der Waals surface area (Å²) in [5.74, 6) is 0. The van der Waals surface area contributed by atoms with Crippen molar-refractivity contribution in [3.8, 4) is 0 Å². The second-order valence-electron chi connectivity index (χ2n) is 5.63. The third-order valence-electron chi connectivity index (χ3n) is 4.98. The smallest absolute Gasteiger partial charge is 0.222 e. The minimum absolute atomic E-state index is 0.0128. The number of rotatable bonds is 2. The van der Waals surface area contributed by atoms with E-state index in [1.54, 1.807) is 0 Å². The van der Waals surface area contributed by atoms with E-state index in [4.69, 9.17) is 0 Å². The predicted octanol–water partition coefficient (Wildman–Crippen LogP) is 3.31. The number of fused-ring (bicyclic) bond motifs is 3.